The number of rotatable bonds is 8. The van der Waals surface area contributed by atoms with Crippen molar-refractivity contribution in [3.63, 3.8) is 0 Å². The summed E-state index contributed by atoms with van der Waals surface area (Å²) >= 11 is 0. The van der Waals surface area contributed by atoms with Crippen molar-refractivity contribution in [3.05, 3.63) is 11.9 Å². The fourth-order valence-corrected chi connectivity index (χ4v) is 2.85. The van der Waals surface area contributed by atoms with Crippen LogP contribution in [-0.2, 0) is 17.8 Å². The Morgan fingerprint density at radius 3 is 2.60 bits per heavy atom. The lowest BCUT2D eigenvalue weighted by atomic mass is 10.2. The molecule has 2 N–H and O–H groups in total. The molecule has 25 heavy (non-hydrogen) atoms. The molecule has 1 aromatic heterocycles. The number of ether oxygens (including phenoxy) is 1. The van der Waals surface area contributed by atoms with E-state index in [1.807, 2.05) is 31.9 Å². The normalized spacial score (nSPS) is 15.5. The van der Waals surface area contributed by atoms with E-state index < -0.39 is 5.60 Å². The van der Waals surface area contributed by atoms with Crippen molar-refractivity contribution in [1.29, 1.82) is 0 Å². The molecule has 0 saturated carbocycles. The number of amides is 1. The number of carbonyl (C=O) groups is 1. The molecule has 0 atom stereocenters. The first-order valence-electron chi connectivity index (χ1n) is 9.17. The van der Waals surface area contributed by atoms with E-state index in [1.54, 1.807) is 4.68 Å². The quantitative estimate of drug-likeness (QED) is 0.762. The molecule has 0 spiro atoms. The highest BCUT2D eigenvalue weighted by Crippen LogP contribution is 2.12. The van der Waals surface area contributed by atoms with Gasteiger partial charge >= 0.3 is 6.09 Å². The largest absolute Gasteiger partial charge is 0.444 e. The maximum Gasteiger partial charge on any atom is 0.410 e. The van der Waals surface area contributed by atoms with Crippen molar-refractivity contribution in [2.45, 2.75) is 58.7 Å². The lowest BCUT2D eigenvalue weighted by Crippen LogP contribution is -2.41. The molecule has 0 bridgehead atoms. The molecule has 0 radical (unpaired) electrons. The van der Waals surface area contributed by atoms with Gasteiger partial charge in [-0.15, -0.1) is 5.10 Å². The fourth-order valence-electron chi connectivity index (χ4n) is 2.85. The van der Waals surface area contributed by atoms with E-state index in [0.717, 1.165) is 31.7 Å². The second-order valence-corrected chi connectivity index (χ2v) is 7.55. The first kappa shape index (κ1) is 19.7. The fraction of sp³-hybridized carbons (Fsp3) is 0.824. The minimum atomic E-state index is -0.481. The first-order valence-corrected chi connectivity index (χ1v) is 9.17. The van der Waals surface area contributed by atoms with Crippen molar-refractivity contribution in [2.75, 3.05) is 32.7 Å². The Balaban J connectivity index is 1.84. The highest BCUT2D eigenvalue weighted by atomic mass is 16.6. The zero-order valence-corrected chi connectivity index (χ0v) is 15.8. The molecular weight excluding hydrogens is 320 g/mol. The maximum absolute atomic E-state index is 12.5. The SMILES string of the molecule is CC(C)(C)OC(=O)N(CCCn1cc(CN)nn1)CCN1CCCC1. The summed E-state index contributed by atoms with van der Waals surface area (Å²) in [5.41, 5.74) is 5.84. The van der Waals surface area contributed by atoms with Gasteiger partial charge in [-0.3, -0.25) is 4.68 Å². The van der Waals surface area contributed by atoms with Crippen LogP contribution in [0.15, 0.2) is 6.20 Å². The Labute approximate surface area is 150 Å². The van der Waals surface area contributed by atoms with E-state index in [4.69, 9.17) is 10.5 Å². The van der Waals surface area contributed by atoms with E-state index in [0.29, 0.717) is 26.2 Å². The summed E-state index contributed by atoms with van der Waals surface area (Å²) in [6.07, 6.45) is 4.91. The molecule has 1 aromatic rings. The standard InChI is InChI=1S/C17H32N6O2/c1-17(2,3)25-16(24)22(12-11-21-7-4-5-8-21)9-6-10-23-14-15(13-18)19-20-23/h14H,4-13,18H2,1-3H3. The Kier molecular flexibility index (Phi) is 7.19. The average molecular weight is 352 g/mol. The van der Waals surface area contributed by atoms with Crippen LogP contribution in [0.2, 0.25) is 0 Å². The van der Waals surface area contributed by atoms with E-state index >= 15 is 0 Å². The summed E-state index contributed by atoms with van der Waals surface area (Å²) in [4.78, 5) is 16.7. The Hall–Kier alpha value is -1.67. The van der Waals surface area contributed by atoms with Crippen LogP contribution in [0.5, 0.6) is 0 Å². The molecular formula is C17H32N6O2. The van der Waals surface area contributed by atoms with Crippen molar-refractivity contribution >= 4 is 6.09 Å². The third-order valence-electron chi connectivity index (χ3n) is 4.15. The van der Waals surface area contributed by atoms with Crippen molar-refractivity contribution < 1.29 is 9.53 Å². The lowest BCUT2D eigenvalue weighted by molar-refractivity contribution is 0.0231. The molecule has 0 aromatic carbocycles. The Bertz CT molecular complexity index is 533. The topological polar surface area (TPSA) is 89.5 Å². The summed E-state index contributed by atoms with van der Waals surface area (Å²) in [7, 11) is 0. The second kappa shape index (κ2) is 9.15. The van der Waals surface area contributed by atoms with Gasteiger partial charge in [-0.2, -0.15) is 0 Å². The highest BCUT2D eigenvalue weighted by Gasteiger charge is 2.23. The molecule has 2 heterocycles. The minimum Gasteiger partial charge on any atom is -0.444 e. The van der Waals surface area contributed by atoms with Gasteiger partial charge in [-0.1, -0.05) is 5.21 Å². The molecule has 8 heteroatoms. The van der Waals surface area contributed by atoms with Crippen LogP contribution < -0.4 is 5.73 Å². The molecule has 1 aliphatic rings. The molecule has 1 amide bonds. The molecule has 142 valence electrons. The van der Waals surface area contributed by atoms with E-state index in [1.165, 1.54) is 12.8 Å². The van der Waals surface area contributed by atoms with Gasteiger partial charge < -0.3 is 20.3 Å². The van der Waals surface area contributed by atoms with Crippen LogP contribution in [0.25, 0.3) is 0 Å². The van der Waals surface area contributed by atoms with E-state index in [-0.39, 0.29) is 6.09 Å². The number of aromatic nitrogens is 3. The van der Waals surface area contributed by atoms with Crippen LogP contribution in [0.3, 0.4) is 0 Å². The lowest BCUT2D eigenvalue weighted by Gasteiger charge is -2.28. The van der Waals surface area contributed by atoms with Gasteiger partial charge in [0.25, 0.3) is 0 Å². The number of nitrogens with zero attached hydrogens (tertiary/aromatic N) is 5. The van der Waals surface area contributed by atoms with Crippen molar-refractivity contribution in [1.82, 2.24) is 24.8 Å². The van der Waals surface area contributed by atoms with Gasteiger partial charge in [0.05, 0.1) is 5.69 Å². The van der Waals surface area contributed by atoms with Crippen molar-refractivity contribution in [3.8, 4) is 0 Å². The van der Waals surface area contributed by atoms with Gasteiger partial charge in [0.1, 0.15) is 5.60 Å². The van der Waals surface area contributed by atoms with Crippen LogP contribution in [0, 0.1) is 0 Å². The number of hydrogen-bond acceptors (Lipinski definition) is 6. The highest BCUT2D eigenvalue weighted by molar-refractivity contribution is 5.68. The summed E-state index contributed by atoms with van der Waals surface area (Å²) in [6.45, 7) is 11.3. The smallest absolute Gasteiger partial charge is 0.410 e. The molecule has 0 unspecified atom stereocenters. The van der Waals surface area contributed by atoms with Crippen molar-refractivity contribution in [2.24, 2.45) is 5.73 Å². The zero-order chi connectivity index (χ0) is 18.3. The number of aryl methyl sites for hydroxylation is 1. The number of carbonyl (C=O) groups excluding carboxylic acids is 1. The number of hydrogen-bond donors (Lipinski definition) is 1. The van der Waals surface area contributed by atoms with Gasteiger partial charge in [-0.25, -0.2) is 4.79 Å². The number of nitrogens with two attached hydrogens (primary N) is 1. The Morgan fingerprint density at radius 1 is 1.28 bits per heavy atom. The Morgan fingerprint density at radius 2 is 2.00 bits per heavy atom. The van der Waals surface area contributed by atoms with E-state index in [2.05, 4.69) is 15.2 Å². The van der Waals surface area contributed by atoms with Crippen LogP contribution in [0.1, 0.15) is 45.7 Å². The first-order chi connectivity index (χ1) is 11.9. The number of likely N-dealkylation sites (tertiary alicyclic amines) is 1. The van der Waals surface area contributed by atoms with Gasteiger partial charge in [-0.05, 0) is 53.1 Å². The second-order valence-electron chi connectivity index (χ2n) is 7.55. The average Bonchev–Trinajstić information content (AvgIpc) is 3.20. The van der Waals surface area contributed by atoms with Crippen LogP contribution in [0.4, 0.5) is 4.79 Å². The minimum absolute atomic E-state index is 0.243. The predicted octanol–water partition coefficient (Wildman–Crippen LogP) is 1.46. The molecule has 0 aliphatic carbocycles. The predicted molar refractivity (Wildman–Crippen MR) is 96.0 cm³/mol. The van der Waals surface area contributed by atoms with Gasteiger partial charge in [0.2, 0.25) is 0 Å². The van der Waals surface area contributed by atoms with E-state index in [9.17, 15) is 4.79 Å². The maximum atomic E-state index is 12.5. The summed E-state index contributed by atoms with van der Waals surface area (Å²) in [6, 6.07) is 0. The molecule has 1 aliphatic heterocycles. The summed E-state index contributed by atoms with van der Waals surface area (Å²) in [5.74, 6) is 0. The molecule has 2 rings (SSSR count). The summed E-state index contributed by atoms with van der Waals surface area (Å²) in [5, 5.41) is 8.02. The van der Waals surface area contributed by atoms with Gasteiger partial charge in [0, 0.05) is 38.9 Å². The molecule has 1 saturated heterocycles. The third-order valence-corrected chi connectivity index (χ3v) is 4.15. The van der Waals surface area contributed by atoms with Crippen LogP contribution >= 0.6 is 0 Å². The molecule has 8 nitrogen and oxygen atoms in total. The zero-order valence-electron chi connectivity index (χ0n) is 15.8. The van der Waals surface area contributed by atoms with Gasteiger partial charge in [0.15, 0.2) is 0 Å². The molecule has 1 fully saturated rings. The monoisotopic (exact) mass is 352 g/mol. The van der Waals surface area contributed by atoms with Crippen LogP contribution in [-0.4, -0.2) is 69.2 Å². The third kappa shape index (κ3) is 6.99. The summed E-state index contributed by atoms with van der Waals surface area (Å²) < 4.78 is 7.33.